The molecule has 1 aliphatic rings. The van der Waals surface area contributed by atoms with E-state index in [4.69, 9.17) is 4.99 Å². The molecule has 0 radical (unpaired) electrons. The molecule has 0 bridgehead atoms. The minimum Gasteiger partial charge on any atom is -0.357 e. The molecule has 2 N–H and O–H groups in total. The van der Waals surface area contributed by atoms with Crippen LogP contribution < -0.4 is 10.6 Å². The summed E-state index contributed by atoms with van der Waals surface area (Å²) < 4.78 is 0. The number of benzene rings is 1. The van der Waals surface area contributed by atoms with E-state index in [2.05, 4.69) is 42.6 Å². The third kappa shape index (κ3) is 7.95. The van der Waals surface area contributed by atoms with E-state index in [-0.39, 0.29) is 29.9 Å². The van der Waals surface area contributed by atoms with E-state index in [0.29, 0.717) is 6.04 Å². The number of hydrogen-bond donors (Lipinski definition) is 2. The zero-order valence-corrected chi connectivity index (χ0v) is 20.2. The van der Waals surface area contributed by atoms with E-state index in [1.807, 2.05) is 18.2 Å². The second-order valence-electron chi connectivity index (χ2n) is 7.66. The van der Waals surface area contributed by atoms with E-state index in [1.165, 1.54) is 12.8 Å². The molecule has 6 nitrogen and oxygen atoms in total. The summed E-state index contributed by atoms with van der Waals surface area (Å²) >= 11 is 0. The van der Waals surface area contributed by atoms with Gasteiger partial charge in [-0.25, -0.2) is 0 Å². The lowest BCUT2D eigenvalue weighted by Crippen LogP contribution is -2.40. The summed E-state index contributed by atoms with van der Waals surface area (Å²) in [5, 5.41) is 6.75. The van der Waals surface area contributed by atoms with Crippen molar-refractivity contribution in [1.82, 2.24) is 20.4 Å². The van der Waals surface area contributed by atoms with Gasteiger partial charge in [-0.3, -0.25) is 9.79 Å². The third-order valence-corrected chi connectivity index (χ3v) is 4.90. The van der Waals surface area contributed by atoms with Crippen molar-refractivity contribution in [2.75, 3.05) is 47.8 Å². The lowest BCUT2D eigenvalue weighted by Gasteiger charge is -2.23. The van der Waals surface area contributed by atoms with Gasteiger partial charge in [0.15, 0.2) is 5.96 Å². The molecular weight excluding hydrogens is 465 g/mol. The van der Waals surface area contributed by atoms with E-state index >= 15 is 0 Å². The number of carbonyl (C=O) groups excluding carboxylic acids is 1. The Morgan fingerprint density at radius 3 is 2.50 bits per heavy atom. The molecule has 1 amide bonds. The average Bonchev–Trinajstić information content (AvgIpc) is 3.46. The first-order valence-corrected chi connectivity index (χ1v) is 9.91. The van der Waals surface area contributed by atoms with Crippen LogP contribution in [-0.2, 0) is 6.42 Å². The zero-order chi connectivity index (χ0) is 19.8. The van der Waals surface area contributed by atoms with Crippen molar-refractivity contribution in [3.63, 3.8) is 0 Å². The predicted octanol–water partition coefficient (Wildman–Crippen LogP) is 2.44. The second kappa shape index (κ2) is 12.3. The lowest BCUT2D eigenvalue weighted by molar-refractivity contribution is 0.0827. The number of likely N-dealkylation sites (N-methyl/N-ethyl adjacent to an activating group) is 1. The molecule has 0 saturated heterocycles. The smallest absolute Gasteiger partial charge is 0.253 e. The maximum Gasteiger partial charge on any atom is 0.253 e. The number of nitrogens with one attached hydrogen (secondary N) is 2. The fourth-order valence-corrected chi connectivity index (χ4v) is 3.18. The van der Waals surface area contributed by atoms with Crippen molar-refractivity contribution in [3.8, 4) is 0 Å². The molecule has 1 aromatic rings. The Bertz CT molecular complexity index is 641. The van der Waals surface area contributed by atoms with Crippen molar-refractivity contribution in [2.24, 2.45) is 10.9 Å². The molecule has 2 rings (SSSR count). The van der Waals surface area contributed by atoms with Crippen LogP contribution in [0, 0.1) is 5.92 Å². The summed E-state index contributed by atoms with van der Waals surface area (Å²) in [5.74, 6) is 1.70. The van der Waals surface area contributed by atoms with E-state index in [0.717, 1.165) is 49.1 Å². The van der Waals surface area contributed by atoms with Crippen LogP contribution in [0.3, 0.4) is 0 Å². The summed E-state index contributed by atoms with van der Waals surface area (Å²) in [6.45, 7) is 4.52. The molecule has 1 atom stereocenters. The number of halogens is 1. The van der Waals surface area contributed by atoms with Crippen LogP contribution in [0.5, 0.6) is 0 Å². The van der Waals surface area contributed by atoms with Crippen LogP contribution in [0.2, 0.25) is 0 Å². The molecule has 0 aromatic heterocycles. The predicted molar refractivity (Wildman–Crippen MR) is 128 cm³/mol. The quantitative estimate of drug-likeness (QED) is 0.310. The summed E-state index contributed by atoms with van der Waals surface area (Å²) in [6, 6.07) is 8.37. The van der Waals surface area contributed by atoms with E-state index in [1.54, 1.807) is 19.0 Å². The molecule has 0 spiro atoms. The number of nitrogens with zero attached hydrogens (tertiary/aromatic N) is 3. The summed E-state index contributed by atoms with van der Waals surface area (Å²) in [4.78, 5) is 20.8. The van der Waals surface area contributed by atoms with Crippen molar-refractivity contribution < 1.29 is 4.79 Å². The maximum absolute atomic E-state index is 12.1. The minimum atomic E-state index is 0. The van der Waals surface area contributed by atoms with Gasteiger partial charge in [-0.2, -0.15) is 0 Å². The summed E-state index contributed by atoms with van der Waals surface area (Å²) in [6.07, 6.45) is 3.49. The Hall–Kier alpha value is -1.35. The van der Waals surface area contributed by atoms with Gasteiger partial charge in [0.1, 0.15) is 0 Å². The molecule has 28 heavy (non-hydrogen) atoms. The first-order valence-electron chi connectivity index (χ1n) is 9.91. The van der Waals surface area contributed by atoms with Gasteiger partial charge < -0.3 is 20.4 Å². The molecular formula is C21H36IN5O. The molecule has 0 aliphatic heterocycles. The van der Waals surface area contributed by atoms with Crippen LogP contribution in [0.25, 0.3) is 0 Å². The highest BCUT2D eigenvalue weighted by Gasteiger charge is 2.32. The fraction of sp³-hybridized carbons (Fsp3) is 0.619. The van der Waals surface area contributed by atoms with Gasteiger partial charge in [0.25, 0.3) is 5.91 Å². The van der Waals surface area contributed by atoms with Gasteiger partial charge in [-0.15, -0.1) is 24.0 Å². The van der Waals surface area contributed by atoms with Crippen LogP contribution >= 0.6 is 24.0 Å². The average molecular weight is 501 g/mol. The lowest BCUT2D eigenvalue weighted by atomic mass is 10.1. The van der Waals surface area contributed by atoms with Gasteiger partial charge in [0.05, 0.1) is 6.54 Å². The van der Waals surface area contributed by atoms with Crippen LogP contribution in [-0.4, -0.2) is 75.5 Å². The van der Waals surface area contributed by atoms with Gasteiger partial charge in [-0.1, -0.05) is 12.1 Å². The number of guanidine groups is 1. The monoisotopic (exact) mass is 501 g/mol. The van der Waals surface area contributed by atoms with Gasteiger partial charge >= 0.3 is 0 Å². The van der Waals surface area contributed by atoms with Crippen LogP contribution in [0.15, 0.2) is 29.3 Å². The SMILES string of the molecule is CCNC(=NCC(C1CC1)N(C)C)NCCc1cccc(C(=O)N(C)C)c1.I. The minimum absolute atomic E-state index is 0. The maximum atomic E-state index is 12.1. The van der Waals surface area contributed by atoms with E-state index < -0.39 is 0 Å². The van der Waals surface area contributed by atoms with Gasteiger partial charge in [-0.05, 0) is 63.9 Å². The molecule has 1 fully saturated rings. The second-order valence-corrected chi connectivity index (χ2v) is 7.66. The van der Waals surface area contributed by atoms with Crippen LogP contribution in [0.4, 0.5) is 0 Å². The van der Waals surface area contributed by atoms with Gasteiger partial charge in [0, 0.05) is 38.8 Å². The highest BCUT2D eigenvalue weighted by atomic mass is 127. The molecule has 7 heteroatoms. The zero-order valence-electron chi connectivity index (χ0n) is 17.9. The molecule has 1 saturated carbocycles. The number of aliphatic imine (C=N–C) groups is 1. The largest absolute Gasteiger partial charge is 0.357 e. The summed E-state index contributed by atoms with van der Waals surface area (Å²) in [7, 11) is 7.83. The Balaban J connectivity index is 0.00000392. The molecule has 1 unspecified atom stereocenters. The fourth-order valence-electron chi connectivity index (χ4n) is 3.18. The van der Waals surface area contributed by atoms with Crippen LogP contribution in [0.1, 0.15) is 35.7 Å². The summed E-state index contributed by atoms with van der Waals surface area (Å²) in [5.41, 5.74) is 1.88. The molecule has 1 aromatic carbocycles. The molecule has 0 heterocycles. The molecule has 158 valence electrons. The number of hydrogen-bond acceptors (Lipinski definition) is 3. The Morgan fingerprint density at radius 2 is 1.93 bits per heavy atom. The number of rotatable bonds is 9. The topological polar surface area (TPSA) is 60.0 Å². The Kier molecular flexibility index (Phi) is 10.8. The molecule has 1 aliphatic carbocycles. The first-order chi connectivity index (χ1) is 12.9. The highest BCUT2D eigenvalue weighted by Crippen LogP contribution is 2.34. The van der Waals surface area contributed by atoms with Crippen molar-refractivity contribution in [2.45, 2.75) is 32.2 Å². The van der Waals surface area contributed by atoms with Crippen molar-refractivity contribution >= 4 is 35.8 Å². The number of amides is 1. The van der Waals surface area contributed by atoms with Gasteiger partial charge in [0.2, 0.25) is 0 Å². The standard InChI is InChI=1S/C21H35N5O.HI/c1-6-22-21(24-15-19(25(2)3)17-10-11-17)23-13-12-16-8-7-9-18(14-16)20(27)26(4)5;/h7-9,14,17,19H,6,10-13,15H2,1-5H3,(H2,22,23,24);1H. The first kappa shape index (κ1) is 24.7. The number of carbonyl (C=O) groups is 1. The van der Waals surface area contributed by atoms with E-state index in [9.17, 15) is 4.79 Å². The van der Waals surface area contributed by atoms with Crippen molar-refractivity contribution in [1.29, 1.82) is 0 Å². The highest BCUT2D eigenvalue weighted by molar-refractivity contribution is 14.0. The normalized spacial score (nSPS) is 15.0. The third-order valence-electron chi connectivity index (χ3n) is 4.90. The Labute approximate surface area is 187 Å². The van der Waals surface area contributed by atoms with Crippen molar-refractivity contribution in [3.05, 3.63) is 35.4 Å². The Morgan fingerprint density at radius 1 is 1.21 bits per heavy atom.